The van der Waals surface area contributed by atoms with Gasteiger partial charge in [-0.1, -0.05) is 193 Å². The molecule has 19 N–H and O–H groups in total. The van der Waals surface area contributed by atoms with E-state index in [9.17, 15) is 106 Å². The molecule has 0 saturated carbocycles. The van der Waals surface area contributed by atoms with E-state index in [0.29, 0.717) is 12.8 Å². The average Bonchev–Trinajstić information content (AvgIpc) is 0.755. The molecule has 3 amide bonds. The van der Waals surface area contributed by atoms with E-state index in [-0.39, 0.29) is 12.3 Å². The van der Waals surface area contributed by atoms with Gasteiger partial charge in [0.1, 0.15) is 85.5 Å². The minimum absolute atomic E-state index is 0.155. The van der Waals surface area contributed by atoms with Gasteiger partial charge >= 0.3 is 11.9 Å². The van der Waals surface area contributed by atoms with Crippen molar-refractivity contribution in [3.05, 3.63) is 12.2 Å². The van der Waals surface area contributed by atoms with Crippen LogP contribution < -0.4 is 16.0 Å². The Morgan fingerprint density at radius 2 is 0.962 bits per heavy atom. The van der Waals surface area contributed by atoms with Crippen LogP contribution in [-0.4, -0.2) is 290 Å². The highest BCUT2D eigenvalue weighted by Gasteiger charge is 2.62. The molecular formula is C72H129N3O29. The Bertz CT molecular complexity index is 2440. The van der Waals surface area contributed by atoms with Gasteiger partial charge in [0.05, 0.1) is 69.5 Å². The van der Waals surface area contributed by atoms with E-state index in [1.165, 1.54) is 122 Å². The lowest BCUT2D eigenvalue weighted by molar-refractivity contribution is -0.388. The molecule has 4 rings (SSSR count). The Kier molecular flexibility index (Phi) is 44.0. The maximum Gasteiger partial charge on any atom is 0.364 e. The zero-order chi connectivity index (χ0) is 76.9. The third-order valence-electron chi connectivity index (χ3n) is 20.0. The van der Waals surface area contributed by atoms with Crippen molar-refractivity contribution >= 4 is 29.7 Å². The van der Waals surface area contributed by atoms with E-state index in [2.05, 4.69) is 29.8 Å². The highest BCUT2D eigenvalue weighted by Crippen LogP contribution is 2.41. The van der Waals surface area contributed by atoms with Crippen LogP contribution in [0.15, 0.2) is 12.2 Å². The predicted octanol–water partition coefficient (Wildman–Crippen LogP) is 1.12. The van der Waals surface area contributed by atoms with Gasteiger partial charge < -0.3 is 136 Å². The van der Waals surface area contributed by atoms with Crippen LogP contribution in [0.5, 0.6) is 0 Å². The Hall–Kier alpha value is -3.79. The number of aliphatic hydroxyl groups is 14. The number of aliphatic carboxylic acids is 2. The van der Waals surface area contributed by atoms with Gasteiger partial charge in [-0.3, -0.25) is 14.4 Å². The maximum absolute atomic E-state index is 13.6. The van der Waals surface area contributed by atoms with Crippen LogP contribution in [0.3, 0.4) is 0 Å². The Morgan fingerprint density at radius 1 is 0.519 bits per heavy atom. The number of ether oxygens (including phenoxy) is 8. The topological polar surface area (TPSA) is 519 Å². The zero-order valence-electron chi connectivity index (χ0n) is 61.5. The molecule has 4 saturated heterocycles. The number of carboxylic acid groups (broad SMARTS) is 2. The standard InChI is InChI=1S/C72H129N3O29/c1-5-7-9-11-13-15-17-19-20-21-22-24-26-28-30-32-34-36-54(86)75-46(47(82)35-33-31-29-27-25-23-18-16-14-12-10-8-6-2)43-97-67-61(91)60(90)63(53(42-79)99-67)100-68-62(92)66(58(88)51(40-77)98-68)104-72(70(95)96)38-49(84)56(74-45(4)81)65(103-72)59(89)52(41-78)101-71(69(93)94)37-48(83)55(73-44(3)80)64(102-71)57(87)50(85)39-76/h33,35,46-53,55-68,76-79,82-85,87-92H,5-32,34,36-43H2,1-4H3,(H,73,80)(H,74,81)(H,75,86)(H,93,94)(H,95,96). The molecule has 0 aromatic carbocycles. The van der Waals surface area contributed by atoms with Gasteiger partial charge in [0.25, 0.3) is 11.6 Å². The molecule has 4 fully saturated rings. The second kappa shape index (κ2) is 49.4. The lowest BCUT2D eigenvalue weighted by Gasteiger charge is -2.51. The van der Waals surface area contributed by atoms with Crippen LogP contribution in [0.2, 0.25) is 0 Å². The number of carbonyl (C=O) groups is 5. The molecule has 0 aromatic rings. The molecular weight excluding hydrogens is 1370 g/mol. The smallest absolute Gasteiger partial charge is 0.364 e. The predicted molar refractivity (Wildman–Crippen MR) is 372 cm³/mol. The van der Waals surface area contributed by atoms with Crippen molar-refractivity contribution in [2.45, 2.75) is 379 Å². The minimum Gasteiger partial charge on any atom is -0.477 e. The van der Waals surface area contributed by atoms with Gasteiger partial charge in [-0.05, 0) is 19.3 Å². The quantitative estimate of drug-likeness (QED) is 0.0300. The number of unbranched alkanes of at least 4 members (excludes halogenated alkanes) is 27. The van der Waals surface area contributed by atoms with Gasteiger partial charge in [0.15, 0.2) is 12.6 Å². The summed E-state index contributed by atoms with van der Waals surface area (Å²) in [5, 5.41) is 185. The molecule has 24 unspecified atom stereocenters. The number of amides is 3. The largest absolute Gasteiger partial charge is 0.477 e. The van der Waals surface area contributed by atoms with Crippen molar-refractivity contribution in [3.63, 3.8) is 0 Å². The van der Waals surface area contributed by atoms with Crippen LogP contribution in [0.1, 0.15) is 233 Å². The fourth-order valence-corrected chi connectivity index (χ4v) is 13.9. The van der Waals surface area contributed by atoms with Crippen molar-refractivity contribution in [2.75, 3.05) is 33.0 Å². The summed E-state index contributed by atoms with van der Waals surface area (Å²) in [7, 11) is 0. The summed E-state index contributed by atoms with van der Waals surface area (Å²) in [6.07, 6.45) is -5.62. The van der Waals surface area contributed by atoms with Gasteiger partial charge in [0.2, 0.25) is 17.7 Å². The molecule has 0 aliphatic carbocycles. The van der Waals surface area contributed by atoms with E-state index in [1.807, 2.05) is 6.08 Å². The van der Waals surface area contributed by atoms with E-state index >= 15 is 0 Å². The van der Waals surface area contributed by atoms with Gasteiger partial charge in [-0.2, -0.15) is 0 Å². The van der Waals surface area contributed by atoms with Crippen LogP contribution >= 0.6 is 0 Å². The second-order valence-electron chi connectivity index (χ2n) is 28.6. The summed E-state index contributed by atoms with van der Waals surface area (Å²) in [5.74, 6) is -13.1. The number of nitrogens with one attached hydrogen (secondary N) is 3. The SMILES string of the molecule is CCCCCCCCCCCCCC=CC(O)C(COC1OC(CO)C(OC2OC(CO)C(O)C(OC3(C(=O)O)CC(O)C(NC(C)=O)C(C(O)C(CO)OC4(C(=O)O)CC(O)C(NC(C)=O)C(C(O)C(O)CO)O4)O3)C2O)C(O)C1O)NC(=O)CCCCCCCCCCCCCCCCCCC. The van der Waals surface area contributed by atoms with E-state index in [4.69, 9.17) is 37.9 Å². The first kappa shape index (κ1) is 92.6. The Labute approximate surface area is 611 Å². The monoisotopic (exact) mass is 1500 g/mol. The van der Waals surface area contributed by atoms with E-state index < -0.39 is 216 Å². The molecule has 0 bridgehead atoms. The first-order chi connectivity index (χ1) is 49.7. The van der Waals surface area contributed by atoms with E-state index in [1.54, 1.807) is 6.08 Å². The van der Waals surface area contributed by atoms with Crippen LogP contribution in [0.4, 0.5) is 0 Å². The molecule has 0 radical (unpaired) electrons. The summed E-state index contributed by atoms with van der Waals surface area (Å²) in [4.78, 5) is 65.0. The molecule has 32 heteroatoms. The van der Waals surface area contributed by atoms with Gasteiger partial charge in [0, 0.05) is 33.1 Å². The molecule has 4 heterocycles. The van der Waals surface area contributed by atoms with Crippen LogP contribution in [0.25, 0.3) is 0 Å². The first-order valence-corrected chi connectivity index (χ1v) is 38.2. The number of carbonyl (C=O) groups excluding carboxylic acids is 3. The maximum atomic E-state index is 13.6. The Morgan fingerprint density at radius 3 is 1.41 bits per heavy atom. The van der Waals surface area contributed by atoms with Gasteiger partial charge in [-0.15, -0.1) is 0 Å². The van der Waals surface area contributed by atoms with Crippen molar-refractivity contribution in [1.82, 2.24) is 16.0 Å². The van der Waals surface area contributed by atoms with Gasteiger partial charge in [-0.25, -0.2) is 9.59 Å². The summed E-state index contributed by atoms with van der Waals surface area (Å²) < 4.78 is 46.5. The lowest BCUT2D eigenvalue weighted by Crippen LogP contribution is -2.72. The summed E-state index contributed by atoms with van der Waals surface area (Å²) in [5.41, 5.74) is 0. The minimum atomic E-state index is -3.39. The molecule has 24 atom stereocenters. The lowest BCUT2D eigenvalue weighted by atomic mass is 9.87. The van der Waals surface area contributed by atoms with Crippen LogP contribution in [-0.2, 0) is 61.9 Å². The molecule has 4 aliphatic heterocycles. The molecule has 104 heavy (non-hydrogen) atoms. The fourth-order valence-electron chi connectivity index (χ4n) is 13.9. The number of carboxylic acids is 2. The highest BCUT2D eigenvalue weighted by molar-refractivity contribution is 5.78. The molecule has 32 nitrogen and oxygen atoms in total. The van der Waals surface area contributed by atoms with Crippen molar-refractivity contribution in [1.29, 1.82) is 0 Å². The average molecular weight is 1500 g/mol. The van der Waals surface area contributed by atoms with Crippen LogP contribution in [0, 0.1) is 0 Å². The van der Waals surface area contributed by atoms with Crippen molar-refractivity contribution < 1.29 is 144 Å². The molecule has 4 aliphatic rings. The third-order valence-corrected chi connectivity index (χ3v) is 20.0. The molecule has 0 spiro atoms. The highest BCUT2D eigenvalue weighted by atomic mass is 16.8. The first-order valence-electron chi connectivity index (χ1n) is 38.2. The Balaban J connectivity index is 1.48. The summed E-state index contributed by atoms with van der Waals surface area (Å²) >= 11 is 0. The number of aliphatic hydroxyl groups excluding tert-OH is 14. The van der Waals surface area contributed by atoms with E-state index in [0.717, 1.165) is 65.2 Å². The third kappa shape index (κ3) is 29.6. The summed E-state index contributed by atoms with van der Waals surface area (Å²) in [6.45, 7) is 1.12. The van der Waals surface area contributed by atoms with Crippen molar-refractivity contribution in [3.8, 4) is 0 Å². The number of hydrogen-bond acceptors (Lipinski definition) is 27. The number of hydrogen-bond donors (Lipinski definition) is 19. The summed E-state index contributed by atoms with van der Waals surface area (Å²) in [6, 6.07) is -4.73. The fraction of sp³-hybridized carbons (Fsp3) is 0.903. The molecule has 0 aromatic heterocycles. The second-order valence-corrected chi connectivity index (χ2v) is 28.6. The van der Waals surface area contributed by atoms with Crippen molar-refractivity contribution in [2.24, 2.45) is 0 Å². The molecule has 606 valence electrons. The normalized spacial score (nSPS) is 31.4. The zero-order valence-corrected chi connectivity index (χ0v) is 61.5. The number of rotatable bonds is 54. The number of allylic oxidation sites excluding steroid dienone is 1.